The van der Waals surface area contributed by atoms with E-state index in [2.05, 4.69) is 9.80 Å². The van der Waals surface area contributed by atoms with E-state index in [1.54, 1.807) is 12.1 Å². The summed E-state index contributed by atoms with van der Waals surface area (Å²) in [6, 6.07) is 6.88. The summed E-state index contributed by atoms with van der Waals surface area (Å²) in [6.45, 7) is 12.5. The maximum absolute atomic E-state index is 12.5. The summed E-state index contributed by atoms with van der Waals surface area (Å²) in [6.07, 6.45) is 3.89. The van der Waals surface area contributed by atoms with Crippen molar-refractivity contribution in [3.63, 3.8) is 0 Å². The highest BCUT2D eigenvalue weighted by molar-refractivity contribution is 5.68. The van der Waals surface area contributed by atoms with Crippen LogP contribution in [0.3, 0.4) is 0 Å². The molecule has 1 aromatic carbocycles. The number of likely N-dealkylation sites (tertiary alicyclic amines) is 1. The third-order valence-electron chi connectivity index (χ3n) is 7.22. The molecule has 34 heavy (non-hydrogen) atoms. The molecule has 1 aromatic rings. The first-order valence-electron chi connectivity index (χ1n) is 12.5. The average Bonchev–Trinajstić information content (AvgIpc) is 2.80. The van der Waals surface area contributed by atoms with Gasteiger partial charge in [-0.05, 0) is 64.5 Å². The molecule has 1 amide bonds. The van der Waals surface area contributed by atoms with Gasteiger partial charge < -0.3 is 24.2 Å². The first-order valence-corrected chi connectivity index (χ1v) is 12.5. The fraction of sp³-hybridized carbons (Fsp3) is 0.720. The molecule has 3 aliphatic heterocycles. The minimum Gasteiger partial charge on any atom is -0.444 e. The topological polar surface area (TPSA) is 88.4 Å². The van der Waals surface area contributed by atoms with Gasteiger partial charge in [0.05, 0.1) is 23.7 Å². The number of non-ortho nitro benzene ring substituents is 1. The smallest absolute Gasteiger partial charge is 0.410 e. The lowest BCUT2D eigenvalue weighted by Gasteiger charge is -2.48. The Bertz CT molecular complexity index is 853. The monoisotopic (exact) mass is 474 g/mol. The van der Waals surface area contributed by atoms with E-state index >= 15 is 0 Å². The van der Waals surface area contributed by atoms with Crippen molar-refractivity contribution in [2.75, 3.05) is 57.3 Å². The van der Waals surface area contributed by atoms with Crippen LogP contribution in [0.4, 0.5) is 16.2 Å². The van der Waals surface area contributed by atoms with Crippen LogP contribution in [0.25, 0.3) is 0 Å². The number of carbonyl (C=O) groups is 1. The number of hydrogen-bond acceptors (Lipinski definition) is 7. The lowest BCUT2D eigenvalue weighted by Crippen LogP contribution is -2.58. The first-order chi connectivity index (χ1) is 16.1. The highest BCUT2D eigenvalue weighted by atomic mass is 16.6. The SMILES string of the molecule is CC(C)(C)OC(=O)N1CCOC2(CCN(CC3CCN(c4ccc([N+](=O)[O-])cc4)CC3)CC2)C1. The predicted octanol–water partition coefficient (Wildman–Crippen LogP) is 3.91. The molecule has 3 fully saturated rings. The third-order valence-corrected chi connectivity index (χ3v) is 7.22. The Balaban J connectivity index is 1.22. The Morgan fingerprint density at radius 3 is 2.35 bits per heavy atom. The number of nitro groups is 1. The zero-order chi connectivity index (χ0) is 24.3. The zero-order valence-electron chi connectivity index (χ0n) is 20.7. The van der Waals surface area contributed by atoms with Crippen molar-refractivity contribution in [1.29, 1.82) is 0 Å². The molecule has 0 atom stereocenters. The van der Waals surface area contributed by atoms with Gasteiger partial charge in [-0.25, -0.2) is 4.79 Å². The maximum atomic E-state index is 12.5. The predicted molar refractivity (Wildman–Crippen MR) is 130 cm³/mol. The summed E-state index contributed by atoms with van der Waals surface area (Å²) >= 11 is 0. The molecule has 3 aliphatic rings. The molecule has 188 valence electrons. The number of benzene rings is 1. The van der Waals surface area contributed by atoms with Gasteiger partial charge in [-0.15, -0.1) is 0 Å². The number of anilines is 1. The highest BCUT2D eigenvalue weighted by Gasteiger charge is 2.42. The van der Waals surface area contributed by atoms with Crippen LogP contribution >= 0.6 is 0 Å². The quantitative estimate of drug-likeness (QED) is 0.483. The molecule has 1 spiro atoms. The van der Waals surface area contributed by atoms with Gasteiger partial charge in [-0.1, -0.05) is 0 Å². The van der Waals surface area contributed by atoms with Crippen LogP contribution in [-0.4, -0.2) is 84.4 Å². The maximum Gasteiger partial charge on any atom is 0.410 e. The molecule has 0 saturated carbocycles. The number of rotatable bonds is 4. The number of carbonyl (C=O) groups excluding carboxylic acids is 1. The molecule has 3 saturated heterocycles. The molecular formula is C25H38N4O5. The van der Waals surface area contributed by atoms with E-state index in [1.165, 1.54) is 0 Å². The fourth-order valence-electron chi connectivity index (χ4n) is 5.30. The highest BCUT2D eigenvalue weighted by Crippen LogP contribution is 2.32. The third kappa shape index (κ3) is 6.18. The van der Waals surface area contributed by atoms with Crippen molar-refractivity contribution in [3.8, 4) is 0 Å². The van der Waals surface area contributed by atoms with Crippen LogP contribution in [0.2, 0.25) is 0 Å². The number of nitro benzene ring substituents is 1. The Morgan fingerprint density at radius 2 is 1.76 bits per heavy atom. The van der Waals surface area contributed by atoms with Crippen LogP contribution in [0.1, 0.15) is 46.5 Å². The molecule has 0 aromatic heterocycles. The van der Waals surface area contributed by atoms with Crippen molar-refractivity contribution in [3.05, 3.63) is 34.4 Å². The number of ether oxygens (including phenoxy) is 2. The van der Waals surface area contributed by atoms with Gasteiger partial charge in [-0.2, -0.15) is 0 Å². The normalized spacial score (nSPS) is 22.1. The molecule has 9 nitrogen and oxygen atoms in total. The molecule has 4 rings (SSSR count). The van der Waals surface area contributed by atoms with Crippen LogP contribution in [0, 0.1) is 16.0 Å². The van der Waals surface area contributed by atoms with E-state index in [0.29, 0.717) is 25.6 Å². The van der Waals surface area contributed by atoms with Crippen LogP contribution in [0.5, 0.6) is 0 Å². The van der Waals surface area contributed by atoms with E-state index in [4.69, 9.17) is 9.47 Å². The van der Waals surface area contributed by atoms with Gasteiger partial charge in [0, 0.05) is 57.1 Å². The second-order valence-corrected chi connectivity index (χ2v) is 10.9. The van der Waals surface area contributed by atoms with Gasteiger partial charge >= 0.3 is 6.09 Å². The van der Waals surface area contributed by atoms with Gasteiger partial charge in [0.15, 0.2) is 0 Å². The summed E-state index contributed by atoms with van der Waals surface area (Å²) in [4.78, 5) is 29.8. The molecule has 0 radical (unpaired) electrons. The molecule has 0 unspecified atom stereocenters. The van der Waals surface area contributed by atoms with E-state index in [-0.39, 0.29) is 22.3 Å². The number of piperidine rings is 2. The van der Waals surface area contributed by atoms with Crippen molar-refractivity contribution in [2.24, 2.45) is 5.92 Å². The van der Waals surface area contributed by atoms with Crippen LogP contribution < -0.4 is 4.90 Å². The lowest BCUT2D eigenvalue weighted by atomic mass is 9.88. The van der Waals surface area contributed by atoms with Gasteiger partial charge in [0.25, 0.3) is 5.69 Å². The second kappa shape index (κ2) is 10.1. The molecule has 0 N–H and O–H groups in total. The minimum absolute atomic E-state index is 0.137. The van der Waals surface area contributed by atoms with Crippen molar-refractivity contribution >= 4 is 17.5 Å². The van der Waals surface area contributed by atoms with Crippen LogP contribution in [-0.2, 0) is 9.47 Å². The summed E-state index contributed by atoms with van der Waals surface area (Å²) in [5.74, 6) is 0.661. The average molecular weight is 475 g/mol. The number of hydrogen-bond donors (Lipinski definition) is 0. The molecule has 0 aliphatic carbocycles. The standard InChI is InChI=1S/C25H38N4O5/c1-24(2,3)34-23(30)28-16-17-33-25(19-28)10-14-26(15-11-25)18-20-8-12-27(13-9-20)21-4-6-22(7-5-21)29(31)32/h4-7,20H,8-19H2,1-3H3. The summed E-state index contributed by atoms with van der Waals surface area (Å²) in [7, 11) is 0. The lowest BCUT2D eigenvalue weighted by molar-refractivity contribution is -0.384. The summed E-state index contributed by atoms with van der Waals surface area (Å²) < 4.78 is 11.8. The number of amides is 1. The Kier molecular flexibility index (Phi) is 7.33. The minimum atomic E-state index is -0.486. The Hall–Kier alpha value is -2.39. The van der Waals surface area contributed by atoms with Crippen molar-refractivity contribution in [2.45, 2.75) is 57.7 Å². The van der Waals surface area contributed by atoms with Crippen LogP contribution in [0.15, 0.2) is 24.3 Å². The second-order valence-electron chi connectivity index (χ2n) is 10.9. The fourth-order valence-corrected chi connectivity index (χ4v) is 5.30. The largest absolute Gasteiger partial charge is 0.444 e. The number of nitrogens with zero attached hydrogens (tertiary/aromatic N) is 4. The van der Waals surface area contributed by atoms with E-state index in [0.717, 1.165) is 64.1 Å². The van der Waals surface area contributed by atoms with E-state index in [9.17, 15) is 14.9 Å². The Labute approximate surface area is 202 Å². The molecular weight excluding hydrogens is 436 g/mol. The molecule has 0 bridgehead atoms. The summed E-state index contributed by atoms with van der Waals surface area (Å²) in [5, 5.41) is 10.9. The van der Waals surface area contributed by atoms with Crippen molar-refractivity contribution in [1.82, 2.24) is 9.80 Å². The Morgan fingerprint density at radius 1 is 1.12 bits per heavy atom. The van der Waals surface area contributed by atoms with Crippen molar-refractivity contribution < 1.29 is 19.2 Å². The van der Waals surface area contributed by atoms with Gasteiger partial charge in [0.2, 0.25) is 0 Å². The summed E-state index contributed by atoms with van der Waals surface area (Å²) in [5.41, 5.74) is 0.468. The van der Waals surface area contributed by atoms with Gasteiger partial charge in [-0.3, -0.25) is 10.1 Å². The molecule has 3 heterocycles. The zero-order valence-corrected chi connectivity index (χ0v) is 20.7. The van der Waals surface area contributed by atoms with E-state index in [1.807, 2.05) is 37.8 Å². The first kappa shape index (κ1) is 24.7. The van der Waals surface area contributed by atoms with E-state index < -0.39 is 5.60 Å². The molecule has 9 heteroatoms. The van der Waals surface area contributed by atoms with Gasteiger partial charge in [0.1, 0.15) is 5.60 Å². The number of morpholine rings is 1.